The molecule has 0 aliphatic carbocycles. The Morgan fingerprint density at radius 2 is 2.28 bits per heavy atom. The van der Waals surface area contributed by atoms with Crippen LogP contribution in [0.3, 0.4) is 0 Å². The second-order valence-electron chi connectivity index (χ2n) is 4.16. The van der Waals surface area contributed by atoms with Crippen LogP contribution in [0.1, 0.15) is 36.1 Å². The predicted octanol–water partition coefficient (Wildman–Crippen LogP) is 2.01. The lowest BCUT2D eigenvalue weighted by Gasteiger charge is -2.17. The van der Waals surface area contributed by atoms with Gasteiger partial charge in [0.15, 0.2) is 5.84 Å². The van der Waals surface area contributed by atoms with Gasteiger partial charge in [-0.3, -0.25) is 4.79 Å². The van der Waals surface area contributed by atoms with Crippen molar-refractivity contribution in [2.75, 3.05) is 0 Å². The van der Waals surface area contributed by atoms with E-state index in [-0.39, 0.29) is 17.8 Å². The number of amides is 1. The van der Waals surface area contributed by atoms with Crippen LogP contribution in [0, 0.1) is 12.8 Å². The number of carbonyl (C=O) groups excluding carboxylic acids is 1. The van der Waals surface area contributed by atoms with Gasteiger partial charge in [0.05, 0.1) is 12.0 Å². The van der Waals surface area contributed by atoms with E-state index in [1.807, 2.05) is 32.9 Å². The van der Waals surface area contributed by atoms with Gasteiger partial charge in [-0.25, -0.2) is 0 Å². The number of carbonyl (C=O) groups is 1. The Morgan fingerprint density at radius 1 is 1.61 bits per heavy atom. The van der Waals surface area contributed by atoms with Crippen LogP contribution in [-0.4, -0.2) is 17.0 Å². The molecule has 0 spiro atoms. The maximum absolute atomic E-state index is 12.0. The van der Waals surface area contributed by atoms with Crippen LogP contribution >= 0.6 is 11.3 Å². The minimum Gasteiger partial charge on any atom is -0.409 e. The molecule has 1 heterocycles. The summed E-state index contributed by atoms with van der Waals surface area (Å²) in [5.74, 6) is -0.852. The van der Waals surface area contributed by atoms with Crippen molar-refractivity contribution in [3.63, 3.8) is 0 Å². The Kier molecular flexibility index (Phi) is 5.15. The van der Waals surface area contributed by atoms with Gasteiger partial charge in [-0.15, -0.1) is 11.3 Å². The molecule has 1 aromatic heterocycles. The van der Waals surface area contributed by atoms with Gasteiger partial charge in [0, 0.05) is 9.75 Å². The number of oxime groups is 1. The number of amidine groups is 1. The third-order valence-electron chi connectivity index (χ3n) is 2.74. The molecule has 0 aromatic carbocycles. The fourth-order valence-electron chi connectivity index (χ4n) is 1.67. The number of hydrogen-bond acceptors (Lipinski definition) is 4. The SMILES string of the molecule is CCC(C(=O)NC(C)c1ccc(C)s1)C(N)=NO. The second kappa shape index (κ2) is 6.39. The molecule has 4 N–H and O–H groups in total. The molecule has 0 aliphatic rings. The largest absolute Gasteiger partial charge is 0.409 e. The van der Waals surface area contributed by atoms with Gasteiger partial charge in [-0.05, 0) is 32.4 Å². The molecule has 0 aliphatic heterocycles. The smallest absolute Gasteiger partial charge is 0.231 e. The predicted molar refractivity (Wildman–Crippen MR) is 72.8 cm³/mol. The standard InChI is InChI=1S/C12H19N3O2S/c1-4-9(11(13)15-17)12(16)14-8(3)10-6-5-7(2)18-10/h5-6,8-9,17H,4H2,1-3H3,(H2,13,15)(H,14,16). The highest BCUT2D eigenvalue weighted by Gasteiger charge is 2.23. The first-order chi connectivity index (χ1) is 8.49. The van der Waals surface area contributed by atoms with Gasteiger partial charge in [-0.1, -0.05) is 12.1 Å². The highest BCUT2D eigenvalue weighted by molar-refractivity contribution is 7.12. The van der Waals surface area contributed by atoms with Crippen molar-refractivity contribution >= 4 is 23.1 Å². The fourth-order valence-corrected chi connectivity index (χ4v) is 2.55. The molecule has 0 bridgehead atoms. The van der Waals surface area contributed by atoms with Crippen LogP contribution in [0.4, 0.5) is 0 Å². The molecule has 0 saturated heterocycles. The highest BCUT2D eigenvalue weighted by Crippen LogP contribution is 2.22. The van der Waals surface area contributed by atoms with Crippen LogP contribution in [-0.2, 0) is 4.79 Å². The van der Waals surface area contributed by atoms with Crippen molar-refractivity contribution in [3.05, 3.63) is 21.9 Å². The summed E-state index contributed by atoms with van der Waals surface area (Å²) in [5, 5.41) is 14.4. The van der Waals surface area contributed by atoms with Crippen molar-refractivity contribution in [2.45, 2.75) is 33.2 Å². The maximum Gasteiger partial charge on any atom is 0.231 e. The maximum atomic E-state index is 12.0. The Labute approximate surface area is 111 Å². The number of aryl methyl sites for hydroxylation is 1. The third-order valence-corrected chi connectivity index (χ3v) is 3.93. The number of nitrogens with zero attached hydrogens (tertiary/aromatic N) is 1. The molecule has 1 aromatic rings. The lowest BCUT2D eigenvalue weighted by atomic mass is 10.0. The molecule has 2 atom stereocenters. The summed E-state index contributed by atoms with van der Waals surface area (Å²) in [5.41, 5.74) is 5.49. The minimum absolute atomic E-state index is 0.0513. The molecular formula is C12H19N3O2S. The van der Waals surface area contributed by atoms with E-state index < -0.39 is 5.92 Å². The normalized spacial score (nSPS) is 15.2. The summed E-state index contributed by atoms with van der Waals surface area (Å²) < 4.78 is 0. The molecule has 0 radical (unpaired) electrons. The van der Waals surface area contributed by atoms with Crippen molar-refractivity contribution in [1.29, 1.82) is 0 Å². The number of nitrogens with one attached hydrogen (secondary N) is 1. The van der Waals surface area contributed by atoms with Crippen LogP contribution in [0.2, 0.25) is 0 Å². The summed E-state index contributed by atoms with van der Waals surface area (Å²) in [6.07, 6.45) is 0.498. The number of nitrogens with two attached hydrogens (primary N) is 1. The van der Waals surface area contributed by atoms with Crippen LogP contribution in [0.25, 0.3) is 0 Å². The summed E-state index contributed by atoms with van der Waals surface area (Å²) >= 11 is 1.65. The highest BCUT2D eigenvalue weighted by atomic mass is 32.1. The topological polar surface area (TPSA) is 87.7 Å². The van der Waals surface area contributed by atoms with Gasteiger partial charge in [0.25, 0.3) is 0 Å². The minimum atomic E-state index is -0.585. The number of hydrogen-bond donors (Lipinski definition) is 3. The average Bonchev–Trinajstić information content (AvgIpc) is 2.76. The van der Waals surface area contributed by atoms with Gasteiger partial charge < -0.3 is 16.3 Å². The van der Waals surface area contributed by atoms with Crippen LogP contribution < -0.4 is 11.1 Å². The monoisotopic (exact) mass is 269 g/mol. The Hall–Kier alpha value is -1.56. The van der Waals surface area contributed by atoms with Crippen molar-refractivity contribution < 1.29 is 10.0 Å². The second-order valence-corrected chi connectivity index (χ2v) is 5.48. The van der Waals surface area contributed by atoms with E-state index in [9.17, 15) is 4.79 Å². The van der Waals surface area contributed by atoms with E-state index >= 15 is 0 Å². The lowest BCUT2D eigenvalue weighted by molar-refractivity contribution is -0.123. The molecule has 2 unspecified atom stereocenters. The number of rotatable bonds is 5. The van der Waals surface area contributed by atoms with Gasteiger partial charge >= 0.3 is 0 Å². The fraction of sp³-hybridized carbons (Fsp3) is 0.500. The van der Waals surface area contributed by atoms with E-state index in [1.54, 1.807) is 11.3 Å². The molecule has 18 heavy (non-hydrogen) atoms. The Balaban J connectivity index is 2.69. The molecule has 5 nitrogen and oxygen atoms in total. The summed E-state index contributed by atoms with van der Waals surface area (Å²) in [6, 6.07) is 3.94. The first-order valence-corrected chi connectivity index (χ1v) is 6.65. The van der Waals surface area contributed by atoms with E-state index in [4.69, 9.17) is 10.9 Å². The van der Waals surface area contributed by atoms with Gasteiger partial charge in [-0.2, -0.15) is 0 Å². The van der Waals surface area contributed by atoms with Gasteiger partial charge in [0.1, 0.15) is 0 Å². The molecule has 0 fully saturated rings. The first-order valence-electron chi connectivity index (χ1n) is 5.83. The molecule has 0 saturated carbocycles. The zero-order valence-corrected chi connectivity index (χ0v) is 11.6. The zero-order valence-electron chi connectivity index (χ0n) is 10.8. The molecule has 100 valence electrons. The molecule has 1 rings (SSSR count). The van der Waals surface area contributed by atoms with E-state index in [0.29, 0.717) is 6.42 Å². The van der Waals surface area contributed by atoms with Gasteiger partial charge in [0.2, 0.25) is 5.91 Å². The average molecular weight is 269 g/mol. The lowest BCUT2D eigenvalue weighted by Crippen LogP contribution is -2.39. The molecule has 6 heteroatoms. The van der Waals surface area contributed by atoms with Crippen LogP contribution in [0.15, 0.2) is 17.3 Å². The summed E-state index contributed by atoms with van der Waals surface area (Å²) in [6.45, 7) is 5.76. The van der Waals surface area contributed by atoms with Crippen LogP contribution in [0.5, 0.6) is 0 Å². The number of thiophene rings is 1. The zero-order chi connectivity index (χ0) is 13.7. The van der Waals surface area contributed by atoms with Crippen molar-refractivity contribution in [3.8, 4) is 0 Å². The third kappa shape index (κ3) is 3.46. The molecule has 1 amide bonds. The van der Waals surface area contributed by atoms with Crippen molar-refractivity contribution in [1.82, 2.24) is 5.32 Å². The molecular weight excluding hydrogens is 250 g/mol. The Morgan fingerprint density at radius 3 is 2.72 bits per heavy atom. The summed E-state index contributed by atoms with van der Waals surface area (Å²) in [7, 11) is 0. The quantitative estimate of drug-likeness (QED) is 0.331. The van der Waals surface area contributed by atoms with Crippen molar-refractivity contribution in [2.24, 2.45) is 16.8 Å². The Bertz CT molecular complexity index is 442. The van der Waals surface area contributed by atoms with E-state index in [2.05, 4.69) is 10.5 Å². The summed E-state index contributed by atoms with van der Waals surface area (Å²) in [4.78, 5) is 14.3. The van der Waals surface area contributed by atoms with E-state index in [1.165, 1.54) is 4.88 Å². The van der Waals surface area contributed by atoms with E-state index in [0.717, 1.165) is 4.88 Å². The first kappa shape index (κ1) is 14.5.